The third kappa shape index (κ3) is 5.54. The number of rotatable bonds is 15. The molecule has 0 aromatic heterocycles. The first-order valence-corrected chi connectivity index (χ1v) is 11.6. The van der Waals surface area contributed by atoms with Crippen LogP contribution < -0.4 is 0 Å². The Balaban J connectivity index is 7.04. The summed E-state index contributed by atoms with van der Waals surface area (Å²) in [6, 6.07) is 0. The van der Waals surface area contributed by atoms with E-state index >= 15 is 0 Å². The van der Waals surface area contributed by atoms with E-state index in [-0.39, 0.29) is 0 Å². The van der Waals surface area contributed by atoms with Crippen LogP contribution in [0.1, 0.15) is 27.2 Å². The number of alkyl halides is 18. The van der Waals surface area contributed by atoms with Gasteiger partial charge in [0, 0.05) is 19.8 Å². The molecule has 0 saturated carbocycles. The first-order valence-electron chi connectivity index (χ1n) is 9.83. The van der Waals surface area contributed by atoms with Crippen molar-refractivity contribution in [1.29, 1.82) is 0 Å². The van der Waals surface area contributed by atoms with Crippen LogP contribution in [0, 0.1) is 0 Å². The van der Waals surface area contributed by atoms with E-state index in [1.807, 2.05) is 0 Å². The lowest BCUT2D eigenvalue weighted by Gasteiger charge is -2.45. The molecule has 0 heterocycles. The van der Waals surface area contributed by atoms with Crippen LogP contribution in [-0.4, -0.2) is 82.1 Å². The molecule has 0 saturated heterocycles. The fourth-order valence-corrected chi connectivity index (χ4v) is 5.16. The van der Waals surface area contributed by atoms with Gasteiger partial charge in [-0.2, -0.15) is 74.6 Å². The second kappa shape index (κ2) is 11.0. The predicted molar refractivity (Wildman–Crippen MR) is 90.8 cm³/mol. The summed E-state index contributed by atoms with van der Waals surface area (Å²) in [5.41, 5.74) is -6.87. The SMILES string of the molecule is CCO[Si](OCC)(OCC)C(F)(F)C(F)(F)C(F)(F)C(F)(F)C(F)(F)C(F)(F)C(F)(F)C(F)CC(F)(F)F. The van der Waals surface area contributed by atoms with Crippen LogP contribution in [0.25, 0.3) is 0 Å². The second-order valence-corrected chi connectivity index (χ2v) is 9.82. The maximum atomic E-state index is 14.7. The number of hydrogen-bond acceptors (Lipinski definition) is 3. The molecule has 0 N–H and O–H groups in total. The van der Waals surface area contributed by atoms with E-state index in [0.29, 0.717) is 0 Å². The maximum absolute atomic E-state index is 14.7. The van der Waals surface area contributed by atoms with Gasteiger partial charge in [-0.25, -0.2) is 4.39 Å². The molecule has 0 rings (SSSR count). The van der Waals surface area contributed by atoms with E-state index in [4.69, 9.17) is 0 Å². The topological polar surface area (TPSA) is 27.7 Å². The monoisotopic (exact) mass is 628 g/mol. The van der Waals surface area contributed by atoms with Gasteiger partial charge in [0.25, 0.3) is 0 Å². The quantitative estimate of drug-likeness (QED) is 0.141. The van der Waals surface area contributed by atoms with Crippen molar-refractivity contribution in [1.82, 2.24) is 0 Å². The Hall–Kier alpha value is -1.16. The fourth-order valence-electron chi connectivity index (χ4n) is 2.69. The molecule has 0 bridgehead atoms. The highest BCUT2D eigenvalue weighted by Gasteiger charge is 2.96. The van der Waals surface area contributed by atoms with Crippen molar-refractivity contribution in [3.05, 3.63) is 0 Å². The normalized spacial score (nSPS) is 16.7. The number of hydrogen-bond donors (Lipinski definition) is 0. The molecular formula is C16H18F18O3Si. The van der Waals surface area contributed by atoms with Gasteiger partial charge in [0.1, 0.15) is 0 Å². The van der Waals surface area contributed by atoms with Crippen molar-refractivity contribution >= 4 is 8.80 Å². The van der Waals surface area contributed by atoms with E-state index in [0.717, 1.165) is 20.8 Å². The molecule has 0 aromatic carbocycles. The first-order chi connectivity index (χ1) is 16.6. The molecule has 3 nitrogen and oxygen atoms in total. The van der Waals surface area contributed by atoms with Crippen molar-refractivity contribution in [2.75, 3.05) is 19.8 Å². The fraction of sp³-hybridized carbons (Fsp3) is 1.00. The molecule has 38 heavy (non-hydrogen) atoms. The van der Waals surface area contributed by atoms with E-state index in [1.54, 1.807) is 0 Å². The lowest BCUT2D eigenvalue weighted by molar-refractivity contribution is -0.442. The lowest BCUT2D eigenvalue weighted by Crippen LogP contribution is -2.78. The molecule has 1 unspecified atom stereocenters. The zero-order chi connectivity index (χ0) is 31.0. The molecule has 0 aliphatic carbocycles. The van der Waals surface area contributed by atoms with Gasteiger partial charge >= 0.3 is 56.1 Å². The molecule has 0 radical (unpaired) electrons. The van der Waals surface area contributed by atoms with Gasteiger partial charge in [-0.15, -0.1) is 0 Å². The van der Waals surface area contributed by atoms with Crippen LogP contribution in [0.3, 0.4) is 0 Å². The summed E-state index contributed by atoms with van der Waals surface area (Å²) in [6.07, 6.45) is -15.4. The Morgan fingerprint density at radius 1 is 0.500 bits per heavy atom. The largest absolute Gasteiger partial charge is 0.582 e. The van der Waals surface area contributed by atoms with Gasteiger partial charge in [0.15, 0.2) is 6.17 Å². The van der Waals surface area contributed by atoms with Crippen molar-refractivity contribution < 1.29 is 92.3 Å². The molecule has 0 aromatic rings. The van der Waals surface area contributed by atoms with Crippen LogP contribution in [-0.2, 0) is 13.3 Å². The van der Waals surface area contributed by atoms with Gasteiger partial charge in [-0.3, -0.25) is 0 Å². The highest BCUT2D eigenvalue weighted by atomic mass is 28.4. The average Bonchev–Trinajstić information content (AvgIpc) is 2.71. The summed E-state index contributed by atoms with van der Waals surface area (Å²) in [4.78, 5) is 0. The minimum Gasteiger partial charge on any atom is -0.370 e. The van der Waals surface area contributed by atoms with Crippen molar-refractivity contribution in [2.24, 2.45) is 0 Å². The zero-order valence-electron chi connectivity index (χ0n) is 18.9. The van der Waals surface area contributed by atoms with E-state index in [2.05, 4.69) is 13.3 Å². The standard InChI is InChI=1S/C16H18F18O3Si/c1-4-35-38(36-5-2,37-6-3)16(33,34)15(31,32)14(29,30)13(27,28)12(25,26)11(23,24)10(21,22)8(17)7-9(18,19)20/h8H,4-7H2,1-3H3. The third-order valence-electron chi connectivity index (χ3n) is 4.58. The molecule has 230 valence electrons. The Bertz CT molecular complexity index is 767. The summed E-state index contributed by atoms with van der Waals surface area (Å²) in [5, 5.41) is 0. The molecule has 0 spiro atoms. The summed E-state index contributed by atoms with van der Waals surface area (Å²) in [7, 11) is -6.70. The Morgan fingerprint density at radius 2 is 0.789 bits per heavy atom. The van der Waals surface area contributed by atoms with Crippen molar-refractivity contribution in [3.8, 4) is 0 Å². The molecule has 0 aliphatic rings. The highest BCUT2D eigenvalue weighted by Crippen LogP contribution is 2.64. The average molecular weight is 628 g/mol. The molecule has 0 fully saturated rings. The maximum Gasteiger partial charge on any atom is 0.582 e. The lowest BCUT2D eigenvalue weighted by atomic mass is 9.89. The van der Waals surface area contributed by atoms with Crippen LogP contribution in [0.2, 0.25) is 0 Å². The summed E-state index contributed by atoms with van der Waals surface area (Å²) in [5.74, 6) is -49.4. The van der Waals surface area contributed by atoms with Crippen LogP contribution in [0.4, 0.5) is 79.0 Å². The first kappa shape index (κ1) is 36.8. The Labute approximate surface area is 202 Å². The summed E-state index contributed by atoms with van der Waals surface area (Å²) < 4.78 is 258. The number of halogens is 18. The minimum atomic E-state index is -8.62. The zero-order valence-corrected chi connectivity index (χ0v) is 19.9. The van der Waals surface area contributed by atoms with Gasteiger partial charge < -0.3 is 13.3 Å². The van der Waals surface area contributed by atoms with Gasteiger partial charge in [-0.1, -0.05) is 0 Å². The van der Waals surface area contributed by atoms with Crippen LogP contribution in [0.5, 0.6) is 0 Å². The van der Waals surface area contributed by atoms with Crippen LogP contribution >= 0.6 is 0 Å². The Morgan fingerprint density at radius 3 is 1.08 bits per heavy atom. The molecule has 22 heteroatoms. The van der Waals surface area contributed by atoms with Gasteiger partial charge in [-0.05, 0) is 20.8 Å². The third-order valence-corrected chi connectivity index (χ3v) is 7.67. The minimum absolute atomic E-state index is 0.728. The molecule has 0 aliphatic heterocycles. The van der Waals surface area contributed by atoms with Crippen molar-refractivity contribution in [2.45, 2.75) is 80.6 Å². The molecule has 1 atom stereocenters. The summed E-state index contributed by atoms with van der Waals surface area (Å²) in [6.45, 7) is -1.28. The van der Waals surface area contributed by atoms with Gasteiger partial charge in [0.2, 0.25) is 0 Å². The van der Waals surface area contributed by atoms with E-state index in [9.17, 15) is 79.0 Å². The van der Waals surface area contributed by atoms with Crippen LogP contribution in [0.15, 0.2) is 0 Å². The van der Waals surface area contributed by atoms with Crippen molar-refractivity contribution in [3.63, 3.8) is 0 Å². The second-order valence-electron chi connectivity index (χ2n) is 7.21. The van der Waals surface area contributed by atoms with E-state index in [1.165, 1.54) is 0 Å². The molecule has 0 amide bonds. The molecular weight excluding hydrogens is 610 g/mol. The smallest absolute Gasteiger partial charge is 0.370 e. The highest BCUT2D eigenvalue weighted by molar-refractivity contribution is 6.63. The van der Waals surface area contributed by atoms with Gasteiger partial charge in [0.05, 0.1) is 6.42 Å². The van der Waals surface area contributed by atoms with E-state index < -0.39 is 88.5 Å². The summed E-state index contributed by atoms with van der Waals surface area (Å²) >= 11 is 0. The Kier molecular flexibility index (Phi) is 10.7. The predicted octanol–water partition coefficient (Wildman–Crippen LogP) is 7.31.